The minimum absolute atomic E-state index is 0.0380. The number of nitrogens with one attached hydrogen (secondary N) is 1. The van der Waals surface area contributed by atoms with E-state index in [-0.39, 0.29) is 29.7 Å². The molecule has 0 bridgehead atoms. The molecule has 1 aliphatic heterocycles. The Balaban J connectivity index is 2.05. The lowest BCUT2D eigenvalue weighted by Gasteiger charge is -2.34. The summed E-state index contributed by atoms with van der Waals surface area (Å²) in [5.41, 5.74) is 2.06. The van der Waals surface area contributed by atoms with Gasteiger partial charge in [-0.2, -0.15) is 4.31 Å². The molecule has 1 atom stereocenters. The first-order chi connectivity index (χ1) is 12.2. The van der Waals surface area contributed by atoms with Gasteiger partial charge in [-0.25, -0.2) is 8.42 Å². The van der Waals surface area contributed by atoms with Crippen molar-refractivity contribution < 1.29 is 17.7 Å². The Kier molecular flexibility index (Phi) is 4.90. The number of aromatic nitrogens is 1. The number of sulfonamides is 1. The van der Waals surface area contributed by atoms with Gasteiger partial charge in [-0.3, -0.25) is 4.79 Å². The number of hydrogen-bond donors (Lipinski definition) is 1. The van der Waals surface area contributed by atoms with Crippen molar-refractivity contribution in [2.75, 3.05) is 13.1 Å². The molecule has 0 radical (unpaired) electrons. The fourth-order valence-corrected chi connectivity index (χ4v) is 5.12. The molecule has 0 saturated carbocycles. The van der Waals surface area contributed by atoms with E-state index in [4.69, 9.17) is 4.52 Å². The van der Waals surface area contributed by atoms with Gasteiger partial charge in [-0.15, -0.1) is 0 Å². The van der Waals surface area contributed by atoms with E-state index in [1.807, 2.05) is 24.3 Å². The van der Waals surface area contributed by atoms with Crippen molar-refractivity contribution in [1.82, 2.24) is 14.8 Å². The number of hydrogen-bond acceptors (Lipinski definition) is 5. The Morgan fingerprint density at radius 1 is 1.23 bits per heavy atom. The number of carbonyl (C=O) groups is 1. The molecule has 7 nitrogen and oxygen atoms in total. The fourth-order valence-electron chi connectivity index (χ4n) is 3.25. The van der Waals surface area contributed by atoms with Crippen molar-refractivity contribution >= 4 is 15.9 Å². The molecule has 1 aromatic heterocycles. The second-order valence-electron chi connectivity index (χ2n) is 6.78. The number of piperazine rings is 1. The van der Waals surface area contributed by atoms with E-state index < -0.39 is 16.1 Å². The van der Waals surface area contributed by atoms with E-state index in [0.717, 1.165) is 5.56 Å². The normalized spacial score (nSPS) is 19.0. The zero-order valence-corrected chi connectivity index (χ0v) is 16.1. The van der Waals surface area contributed by atoms with Crippen molar-refractivity contribution in [1.29, 1.82) is 0 Å². The summed E-state index contributed by atoms with van der Waals surface area (Å²) in [7, 11) is -3.92. The van der Waals surface area contributed by atoms with Gasteiger partial charge in [0, 0.05) is 13.1 Å². The van der Waals surface area contributed by atoms with Gasteiger partial charge in [-0.05, 0) is 30.9 Å². The van der Waals surface area contributed by atoms with Crippen LogP contribution in [0.2, 0.25) is 0 Å². The van der Waals surface area contributed by atoms with Crippen LogP contribution < -0.4 is 5.32 Å². The summed E-state index contributed by atoms with van der Waals surface area (Å²) < 4.78 is 32.7. The second-order valence-corrected chi connectivity index (χ2v) is 8.61. The molecule has 140 valence electrons. The molecular formula is C18H23N3O4S. The Morgan fingerprint density at radius 2 is 1.88 bits per heavy atom. The second kappa shape index (κ2) is 6.85. The van der Waals surface area contributed by atoms with E-state index in [1.54, 1.807) is 13.8 Å². The highest BCUT2D eigenvalue weighted by molar-refractivity contribution is 7.89. The Labute approximate surface area is 153 Å². The summed E-state index contributed by atoms with van der Waals surface area (Å²) in [6.45, 7) is 7.76. The first kappa shape index (κ1) is 18.6. The van der Waals surface area contributed by atoms with E-state index >= 15 is 0 Å². The van der Waals surface area contributed by atoms with Gasteiger partial charge >= 0.3 is 0 Å². The SMILES string of the molecule is Cc1noc(C)c1S(=O)(=O)N1CCNC(=O)C1c1ccc(C(C)C)cc1. The summed E-state index contributed by atoms with van der Waals surface area (Å²) >= 11 is 0. The zero-order chi connectivity index (χ0) is 19.1. The molecule has 1 unspecified atom stereocenters. The van der Waals surface area contributed by atoms with Gasteiger partial charge in [0.1, 0.15) is 16.6 Å². The predicted molar refractivity (Wildman–Crippen MR) is 96.2 cm³/mol. The summed E-state index contributed by atoms with van der Waals surface area (Å²) in [6, 6.07) is 6.59. The number of aryl methyl sites for hydroxylation is 2. The van der Waals surface area contributed by atoms with Crippen LogP contribution in [0.4, 0.5) is 0 Å². The van der Waals surface area contributed by atoms with Crippen LogP contribution in [-0.2, 0) is 14.8 Å². The lowest BCUT2D eigenvalue weighted by atomic mass is 9.98. The minimum atomic E-state index is -3.92. The van der Waals surface area contributed by atoms with Crippen LogP contribution in [0.5, 0.6) is 0 Å². The van der Waals surface area contributed by atoms with Gasteiger partial charge in [0.2, 0.25) is 15.9 Å². The molecule has 26 heavy (non-hydrogen) atoms. The van der Waals surface area contributed by atoms with E-state index in [0.29, 0.717) is 17.2 Å². The minimum Gasteiger partial charge on any atom is -0.360 e. The van der Waals surface area contributed by atoms with Gasteiger partial charge in [0.05, 0.1) is 0 Å². The van der Waals surface area contributed by atoms with Crippen molar-refractivity contribution in [3.8, 4) is 0 Å². The highest BCUT2D eigenvalue weighted by Crippen LogP contribution is 2.32. The first-order valence-corrected chi connectivity index (χ1v) is 9.99. The monoisotopic (exact) mass is 377 g/mol. The quantitative estimate of drug-likeness (QED) is 0.882. The number of nitrogens with zero attached hydrogens (tertiary/aromatic N) is 2. The van der Waals surface area contributed by atoms with Crippen molar-refractivity contribution in [2.45, 2.75) is 44.6 Å². The highest BCUT2D eigenvalue weighted by Gasteiger charge is 2.41. The first-order valence-electron chi connectivity index (χ1n) is 8.55. The largest absolute Gasteiger partial charge is 0.360 e. The number of benzene rings is 1. The predicted octanol–water partition coefficient (Wildman–Crippen LogP) is 2.28. The summed E-state index contributed by atoms with van der Waals surface area (Å²) in [5.74, 6) is 0.248. The average Bonchev–Trinajstić information content (AvgIpc) is 2.94. The maximum absolute atomic E-state index is 13.2. The third-order valence-corrected chi connectivity index (χ3v) is 6.73. The van der Waals surface area contributed by atoms with Crippen LogP contribution in [0.15, 0.2) is 33.7 Å². The van der Waals surface area contributed by atoms with Crippen LogP contribution in [0.1, 0.15) is 48.4 Å². The highest BCUT2D eigenvalue weighted by atomic mass is 32.2. The lowest BCUT2D eigenvalue weighted by Crippen LogP contribution is -2.52. The molecule has 8 heteroatoms. The molecule has 0 aliphatic carbocycles. The molecule has 0 spiro atoms. The molecule has 3 rings (SSSR count). The molecule has 2 heterocycles. The Hall–Kier alpha value is -2.19. The van der Waals surface area contributed by atoms with Gasteiger partial charge in [0.15, 0.2) is 5.76 Å². The van der Waals surface area contributed by atoms with E-state index in [2.05, 4.69) is 24.3 Å². The molecule has 1 amide bonds. The summed E-state index contributed by atoms with van der Waals surface area (Å²) in [5, 5.41) is 6.50. The van der Waals surface area contributed by atoms with Crippen LogP contribution in [0, 0.1) is 13.8 Å². The van der Waals surface area contributed by atoms with Crippen molar-refractivity contribution in [3.63, 3.8) is 0 Å². The molecule has 1 aliphatic rings. The topological polar surface area (TPSA) is 92.5 Å². The molecule has 1 N–H and O–H groups in total. The zero-order valence-electron chi connectivity index (χ0n) is 15.3. The molecule has 2 aromatic rings. The van der Waals surface area contributed by atoms with E-state index in [1.165, 1.54) is 4.31 Å². The molecule has 1 saturated heterocycles. The molecular weight excluding hydrogens is 354 g/mol. The van der Waals surface area contributed by atoms with Crippen LogP contribution in [0.25, 0.3) is 0 Å². The van der Waals surface area contributed by atoms with Gasteiger partial charge < -0.3 is 9.84 Å². The van der Waals surface area contributed by atoms with Crippen molar-refractivity contribution in [2.24, 2.45) is 0 Å². The summed E-state index contributed by atoms with van der Waals surface area (Å²) in [6.07, 6.45) is 0. The van der Waals surface area contributed by atoms with Crippen LogP contribution >= 0.6 is 0 Å². The van der Waals surface area contributed by atoms with E-state index in [9.17, 15) is 13.2 Å². The maximum Gasteiger partial charge on any atom is 0.249 e. The Bertz CT molecular complexity index is 897. The fraction of sp³-hybridized carbons (Fsp3) is 0.444. The number of rotatable bonds is 4. The standard InChI is InChI=1S/C18H23N3O4S/c1-11(2)14-5-7-15(8-6-14)16-18(22)19-9-10-21(16)26(23,24)17-12(3)20-25-13(17)4/h5-8,11,16H,9-10H2,1-4H3,(H,19,22). The van der Waals surface area contributed by atoms with Gasteiger partial charge in [-0.1, -0.05) is 43.3 Å². The number of amides is 1. The summed E-state index contributed by atoms with van der Waals surface area (Å²) in [4.78, 5) is 12.6. The maximum atomic E-state index is 13.2. The van der Waals surface area contributed by atoms with Crippen LogP contribution in [-0.4, -0.2) is 36.9 Å². The van der Waals surface area contributed by atoms with Gasteiger partial charge in [0.25, 0.3) is 0 Å². The Morgan fingerprint density at radius 3 is 2.42 bits per heavy atom. The third kappa shape index (κ3) is 3.14. The van der Waals surface area contributed by atoms with Crippen LogP contribution in [0.3, 0.4) is 0 Å². The number of carbonyl (C=O) groups excluding carboxylic acids is 1. The average molecular weight is 377 g/mol. The third-order valence-electron chi connectivity index (χ3n) is 4.62. The lowest BCUT2D eigenvalue weighted by molar-refractivity contribution is -0.126. The smallest absolute Gasteiger partial charge is 0.249 e. The molecule has 1 fully saturated rings. The van der Waals surface area contributed by atoms with Crippen molar-refractivity contribution in [3.05, 3.63) is 46.8 Å². The molecule has 1 aromatic carbocycles.